The van der Waals surface area contributed by atoms with Crippen LogP contribution in [-0.2, 0) is 0 Å². The van der Waals surface area contributed by atoms with Crippen molar-refractivity contribution < 1.29 is 0 Å². The fourth-order valence-electron chi connectivity index (χ4n) is 11.1. The molecule has 75 heavy (non-hydrogen) atoms. The molecule has 3 aromatic heterocycles. The number of para-hydroxylation sites is 6. The number of nitrogens with zero attached hydrogens (tertiary/aromatic N) is 6. The van der Waals surface area contributed by atoms with Crippen molar-refractivity contribution >= 4 is 102 Å². The molecule has 6 nitrogen and oxygen atoms in total. The number of benzene rings is 10. The van der Waals surface area contributed by atoms with Crippen LogP contribution in [0.2, 0.25) is 0 Å². The van der Waals surface area contributed by atoms with Gasteiger partial charge in [0, 0.05) is 66.1 Å². The van der Waals surface area contributed by atoms with Gasteiger partial charge in [-0.25, -0.2) is 0 Å². The molecule has 13 aromatic rings. The molecule has 348 valence electrons. The van der Waals surface area contributed by atoms with E-state index in [-0.39, 0.29) is 16.7 Å². The summed E-state index contributed by atoms with van der Waals surface area (Å²) >= 11 is 0. The maximum Gasteiger partial charge on any atom is 0.100 e. The molecule has 3 heterocycles. The lowest BCUT2D eigenvalue weighted by atomic mass is 9.86. The predicted molar refractivity (Wildman–Crippen MR) is 310 cm³/mol. The summed E-state index contributed by atoms with van der Waals surface area (Å²) in [7, 11) is 0. The number of nitriles is 3. The fourth-order valence-corrected chi connectivity index (χ4v) is 11.1. The van der Waals surface area contributed by atoms with Gasteiger partial charge < -0.3 is 13.7 Å². The van der Waals surface area contributed by atoms with Crippen molar-refractivity contribution in [2.45, 2.75) is 0 Å². The predicted octanol–water partition coefficient (Wildman–Crippen LogP) is 17.1. The second-order valence-corrected chi connectivity index (χ2v) is 18.6. The van der Waals surface area contributed by atoms with Gasteiger partial charge in [-0.2, -0.15) is 15.8 Å². The zero-order valence-electron chi connectivity index (χ0n) is 40.4. The average Bonchev–Trinajstić information content (AvgIpc) is 4.11. The molecule has 0 saturated carbocycles. The lowest BCUT2D eigenvalue weighted by molar-refractivity contribution is 1.18. The van der Waals surface area contributed by atoms with E-state index in [0.29, 0.717) is 16.7 Å². The van der Waals surface area contributed by atoms with Crippen molar-refractivity contribution in [1.82, 2.24) is 13.7 Å². The molecule has 0 spiro atoms. The molecule has 10 aromatic carbocycles. The van der Waals surface area contributed by atoms with E-state index < -0.39 is 0 Å². The Kier molecular flexibility index (Phi) is 10.9. The summed E-state index contributed by atoms with van der Waals surface area (Å²) in [5, 5.41) is 40.1. The highest BCUT2D eigenvalue weighted by atomic mass is 15.0. The quantitative estimate of drug-likeness (QED) is 0.135. The minimum atomic E-state index is 0.242. The molecule has 0 fully saturated rings. The molecule has 13 rings (SSSR count). The fraction of sp³-hybridized carbons (Fsp3) is 0. The van der Waals surface area contributed by atoms with Crippen LogP contribution < -0.4 is 0 Å². The highest BCUT2D eigenvalue weighted by molar-refractivity contribution is 6.12. The topological polar surface area (TPSA) is 86.2 Å². The van der Waals surface area contributed by atoms with Gasteiger partial charge in [0.15, 0.2) is 0 Å². The second kappa shape index (κ2) is 18.5. The van der Waals surface area contributed by atoms with Crippen molar-refractivity contribution in [2.24, 2.45) is 0 Å². The van der Waals surface area contributed by atoms with Crippen molar-refractivity contribution in [2.75, 3.05) is 0 Å². The molecule has 0 N–H and O–H groups in total. The Labute approximate surface area is 433 Å². The number of hydrogen-bond acceptors (Lipinski definition) is 3. The first-order valence-corrected chi connectivity index (χ1v) is 24.8. The molecular formula is C69H42N6. The Bertz CT molecular complexity index is 4160. The first kappa shape index (κ1) is 44.2. The maximum atomic E-state index is 11.2. The Morgan fingerprint density at radius 1 is 0.253 bits per heavy atom. The first-order chi connectivity index (χ1) is 37.1. The van der Waals surface area contributed by atoms with Crippen LogP contribution in [0.15, 0.2) is 218 Å². The molecule has 0 atom stereocenters. The van der Waals surface area contributed by atoms with E-state index in [1.165, 1.54) is 0 Å². The van der Waals surface area contributed by atoms with Crippen LogP contribution >= 0.6 is 0 Å². The number of fused-ring (bicyclic) bond motifs is 9. The Morgan fingerprint density at radius 3 is 0.787 bits per heavy atom. The molecule has 0 aliphatic heterocycles. The summed E-state index contributed by atoms with van der Waals surface area (Å²) in [6.07, 6.45) is 11.5. The zero-order chi connectivity index (χ0) is 50.4. The number of aromatic nitrogens is 3. The largest absolute Gasteiger partial charge is 0.309 e. The van der Waals surface area contributed by atoms with Gasteiger partial charge >= 0.3 is 0 Å². The maximum absolute atomic E-state index is 11.2. The van der Waals surface area contributed by atoms with E-state index in [1.807, 2.05) is 91.1 Å². The van der Waals surface area contributed by atoms with Crippen LogP contribution in [0.1, 0.15) is 50.1 Å². The molecule has 0 aliphatic rings. The van der Waals surface area contributed by atoms with E-state index in [4.69, 9.17) is 0 Å². The van der Waals surface area contributed by atoms with Gasteiger partial charge in [0.05, 0.1) is 49.8 Å². The van der Waals surface area contributed by atoms with Crippen LogP contribution in [-0.4, -0.2) is 13.7 Å². The van der Waals surface area contributed by atoms with E-state index in [2.05, 4.69) is 196 Å². The standard InChI is InChI=1S/C69H42N6/c70-43-61-52(34-28-46-31-37-67-58(40-46)55-22-10-13-25-64(55)73(67)49-16-4-1-5-17-49)62(44-71)54(36-30-48-33-39-69-60(42-48)57-24-12-15-27-66(57)75(69)51-20-8-3-9-21-51)63(45-72)53(61)35-29-47-32-38-68-59(41-47)56-23-11-14-26-65(56)74(68)50-18-6-2-7-19-50/h1-42H/b34-28+,35-29+,36-30+. The number of rotatable bonds is 9. The van der Waals surface area contributed by atoms with Gasteiger partial charge in [0.25, 0.3) is 0 Å². The lowest BCUT2D eigenvalue weighted by Gasteiger charge is -2.13. The lowest BCUT2D eigenvalue weighted by Crippen LogP contribution is -2.02. The molecule has 0 saturated heterocycles. The van der Waals surface area contributed by atoms with Crippen LogP contribution in [0.3, 0.4) is 0 Å². The average molecular weight is 955 g/mol. The van der Waals surface area contributed by atoms with E-state index >= 15 is 0 Å². The SMILES string of the molecule is N#Cc1c(/C=C/c2ccc3c(c2)c2ccccc2n3-c2ccccc2)c(C#N)c(/C=C/c2ccc3c(c2)c2ccccc2n3-c2ccccc2)c(C#N)c1/C=C/c1ccc2c(c1)c1ccccc1n2-c1ccccc1. The molecular weight excluding hydrogens is 913 g/mol. The smallest absolute Gasteiger partial charge is 0.100 e. The molecule has 0 aliphatic carbocycles. The van der Waals surface area contributed by atoms with Crippen molar-refractivity contribution in [3.05, 3.63) is 268 Å². The third-order valence-electron chi connectivity index (χ3n) is 14.4. The molecule has 0 radical (unpaired) electrons. The van der Waals surface area contributed by atoms with Crippen LogP contribution in [0.25, 0.3) is 119 Å². The minimum absolute atomic E-state index is 0.242. The summed E-state index contributed by atoms with van der Waals surface area (Å²) < 4.78 is 6.82. The Morgan fingerprint density at radius 2 is 0.507 bits per heavy atom. The van der Waals surface area contributed by atoms with Crippen LogP contribution in [0.5, 0.6) is 0 Å². The zero-order valence-corrected chi connectivity index (χ0v) is 40.4. The molecule has 6 heteroatoms. The third-order valence-corrected chi connectivity index (χ3v) is 14.4. The van der Waals surface area contributed by atoms with Gasteiger partial charge in [0.1, 0.15) is 18.2 Å². The van der Waals surface area contributed by atoms with Crippen molar-refractivity contribution in [3.8, 4) is 35.3 Å². The van der Waals surface area contributed by atoms with Crippen LogP contribution in [0, 0.1) is 34.0 Å². The molecule has 0 unspecified atom stereocenters. The second-order valence-electron chi connectivity index (χ2n) is 18.6. The summed E-state index contributed by atoms with van der Waals surface area (Å²) in [5.41, 5.74) is 14.4. The normalized spacial score (nSPS) is 11.8. The van der Waals surface area contributed by atoms with Gasteiger partial charge in [-0.1, -0.05) is 164 Å². The third kappa shape index (κ3) is 7.48. The minimum Gasteiger partial charge on any atom is -0.309 e. The van der Waals surface area contributed by atoms with Gasteiger partial charge in [-0.05, 0) is 108 Å². The Hall–Kier alpha value is -10.7. The first-order valence-electron chi connectivity index (χ1n) is 24.8. The van der Waals surface area contributed by atoms with E-state index in [1.54, 1.807) is 0 Å². The van der Waals surface area contributed by atoms with E-state index in [0.717, 1.165) is 99.2 Å². The summed E-state index contributed by atoms with van der Waals surface area (Å²) in [6.45, 7) is 0. The summed E-state index contributed by atoms with van der Waals surface area (Å²) in [4.78, 5) is 0. The highest BCUT2D eigenvalue weighted by Gasteiger charge is 2.22. The number of hydrogen-bond donors (Lipinski definition) is 0. The van der Waals surface area contributed by atoms with Gasteiger partial charge in [-0.15, -0.1) is 0 Å². The van der Waals surface area contributed by atoms with Crippen molar-refractivity contribution in [1.29, 1.82) is 15.8 Å². The van der Waals surface area contributed by atoms with Gasteiger partial charge in [-0.3, -0.25) is 0 Å². The van der Waals surface area contributed by atoms with Crippen molar-refractivity contribution in [3.63, 3.8) is 0 Å². The Balaban J connectivity index is 0.974. The summed E-state index contributed by atoms with van der Waals surface area (Å²) in [5.74, 6) is 0. The summed E-state index contributed by atoms with van der Waals surface area (Å²) in [6, 6.07) is 82.6. The van der Waals surface area contributed by atoms with Crippen LogP contribution in [0.4, 0.5) is 0 Å². The highest BCUT2D eigenvalue weighted by Crippen LogP contribution is 2.38. The molecule has 0 amide bonds. The van der Waals surface area contributed by atoms with Gasteiger partial charge in [0.2, 0.25) is 0 Å². The molecule has 0 bridgehead atoms. The van der Waals surface area contributed by atoms with E-state index in [9.17, 15) is 15.8 Å². The monoisotopic (exact) mass is 954 g/mol.